The number of nitro groups is 1. The summed E-state index contributed by atoms with van der Waals surface area (Å²) in [6.07, 6.45) is 0. The van der Waals surface area contributed by atoms with Crippen LogP contribution in [0.3, 0.4) is 0 Å². The second-order valence-corrected chi connectivity index (χ2v) is 7.06. The minimum Gasteiger partial charge on any atom is -0.272 e. The van der Waals surface area contributed by atoms with Gasteiger partial charge in [-0.1, -0.05) is 40.2 Å². The number of hydrogen-bond acceptors (Lipinski definition) is 5. The van der Waals surface area contributed by atoms with Crippen molar-refractivity contribution in [1.82, 2.24) is 5.43 Å². The van der Waals surface area contributed by atoms with Crippen molar-refractivity contribution in [3.05, 3.63) is 74.2 Å². The second kappa shape index (κ2) is 9.33. The number of thioether (sulfide) groups is 1. The van der Waals surface area contributed by atoms with Gasteiger partial charge in [-0.05, 0) is 24.6 Å². The van der Waals surface area contributed by atoms with Crippen LogP contribution >= 0.6 is 27.7 Å². The van der Waals surface area contributed by atoms with Crippen molar-refractivity contribution in [2.45, 2.75) is 12.7 Å². The second-order valence-electron chi connectivity index (χ2n) is 5.16. The summed E-state index contributed by atoms with van der Waals surface area (Å²) in [5.41, 5.74) is 4.71. The first-order valence-corrected chi connectivity index (χ1v) is 9.30. The molecule has 2 rings (SSSR count). The molecule has 6 nitrogen and oxygen atoms in total. The highest BCUT2D eigenvalue weighted by Gasteiger charge is 2.08. The Bertz CT molecular complexity index is 794. The topological polar surface area (TPSA) is 84.6 Å². The highest BCUT2D eigenvalue weighted by molar-refractivity contribution is 9.10. The summed E-state index contributed by atoms with van der Waals surface area (Å²) in [4.78, 5) is 22.2. The lowest BCUT2D eigenvalue weighted by atomic mass is 10.1. The highest BCUT2D eigenvalue weighted by Crippen LogP contribution is 2.16. The summed E-state index contributed by atoms with van der Waals surface area (Å²) in [6, 6.07) is 14.1. The van der Waals surface area contributed by atoms with Crippen molar-refractivity contribution in [2.24, 2.45) is 5.10 Å². The molecule has 0 fully saturated rings. The van der Waals surface area contributed by atoms with E-state index in [1.165, 1.54) is 23.9 Å². The van der Waals surface area contributed by atoms with E-state index in [4.69, 9.17) is 0 Å². The SMILES string of the molecule is C/C(=N/NC(=O)CSCc1ccc(Br)cc1)c1cccc([N+](=O)[O-])c1. The summed E-state index contributed by atoms with van der Waals surface area (Å²) < 4.78 is 1.02. The molecular formula is C17H16BrN3O3S. The first kappa shape index (κ1) is 19.1. The summed E-state index contributed by atoms with van der Waals surface area (Å²) in [5, 5.41) is 14.8. The molecule has 0 aliphatic heterocycles. The van der Waals surface area contributed by atoms with Gasteiger partial charge in [-0.25, -0.2) is 5.43 Å². The molecule has 0 saturated heterocycles. The number of hydrogen-bond donors (Lipinski definition) is 1. The van der Waals surface area contributed by atoms with E-state index in [9.17, 15) is 14.9 Å². The van der Waals surface area contributed by atoms with Crippen LogP contribution in [0.4, 0.5) is 5.69 Å². The molecule has 1 amide bonds. The molecule has 1 N–H and O–H groups in total. The van der Waals surface area contributed by atoms with Gasteiger partial charge in [0.25, 0.3) is 5.69 Å². The Morgan fingerprint density at radius 2 is 2.00 bits per heavy atom. The number of benzene rings is 2. The van der Waals surface area contributed by atoms with Gasteiger partial charge >= 0.3 is 0 Å². The van der Waals surface area contributed by atoms with Crippen LogP contribution in [-0.2, 0) is 10.5 Å². The van der Waals surface area contributed by atoms with Gasteiger partial charge in [0.2, 0.25) is 5.91 Å². The van der Waals surface area contributed by atoms with Gasteiger partial charge in [-0.3, -0.25) is 14.9 Å². The molecule has 0 atom stereocenters. The highest BCUT2D eigenvalue weighted by atomic mass is 79.9. The first-order valence-electron chi connectivity index (χ1n) is 7.36. The van der Waals surface area contributed by atoms with Crippen LogP contribution in [0.1, 0.15) is 18.1 Å². The summed E-state index contributed by atoms with van der Waals surface area (Å²) >= 11 is 4.87. The minimum atomic E-state index is -0.464. The van der Waals surface area contributed by atoms with Gasteiger partial charge in [0, 0.05) is 27.9 Å². The normalized spacial score (nSPS) is 11.2. The maximum atomic E-state index is 11.8. The van der Waals surface area contributed by atoms with Gasteiger partial charge in [-0.15, -0.1) is 11.8 Å². The van der Waals surface area contributed by atoms with Crippen LogP contribution in [0.25, 0.3) is 0 Å². The van der Waals surface area contributed by atoms with Crippen LogP contribution in [-0.4, -0.2) is 22.3 Å². The van der Waals surface area contributed by atoms with Crippen LogP contribution in [0, 0.1) is 10.1 Å². The fourth-order valence-electron chi connectivity index (χ4n) is 1.93. The molecule has 0 bridgehead atoms. The largest absolute Gasteiger partial charge is 0.272 e. The van der Waals surface area contributed by atoms with Crippen molar-refractivity contribution >= 4 is 45.0 Å². The number of nitro benzene ring substituents is 1. The number of nitrogens with one attached hydrogen (secondary N) is 1. The Hall–Kier alpha value is -2.19. The first-order chi connectivity index (χ1) is 12.0. The monoisotopic (exact) mass is 421 g/mol. The zero-order chi connectivity index (χ0) is 18.2. The van der Waals surface area contributed by atoms with Crippen molar-refractivity contribution in [1.29, 1.82) is 0 Å². The molecule has 0 spiro atoms. The number of carbonyl (C=O) groups excluding carboxylic acids is 1. The van der Waals surface area contributed by atoms with Crippen molar-refractivity contribution in [3.8, 4) is 0 Å². The molecule has 8 heteroatoms. The summed E-state index contributed by atoms with van der Waals surface area (Å²) in [7, 11) is 0. The lowest BCUT2D eigenvalue weighted by molar-refractivity contribution is -0.384. The maximum Gasteiger partial charge on any atom is 0.270 e. The Morgan fingerprint density at radius 3 is 2.68 bits per heavy atom. The minimum absolute atomic E-state index is 0.0107. The number of amides is 1. The Kier molecular flexibility index (Phi) is 7.15. The predicted molar refractivity (Wildman–Crippen MR) is 104 cm³/mol. The van der Waals surface area contributed by atoms with Crippen LogP contribution in [0.15, 0.2) is 58.1 Å². The van der Waals surface area contributed by atoms with Crippen LogP contribution in [0.5, 0.6) is 0 Å². The zero-order valence-electron chi connectivity index (χ0n) is 13.4. The average Bonchev–Trinajstić information content (AvgIpc) is 2.61. The lowest BCUT2D eigenvalue weighted by Crippen LogP contribution is -2.21. The van der Waals surface area contributed by atoms with E-state index in [1.807, 2.05) is 24.3 Å². The quantitative estimate of drug-likeness (QED) is 0.413. The molecule has 0 radical (unpaired) electrons. The fraction of sp³-hybridized carbons (Fsp3) is 0.176. The third-order valence-electron chi connectivity index (χ3n) is 3.24. The third-order valence-corrected chi connectivity index (χ3v) is 4.77. The molecule has 130 valence electrons. The van der Waals surface area contributed by atoms with E-state index in [0.717, 1.165) is 15.8 Å². The Labute approximate surface area is 158 Å². The molecule has 2 aromatic rings. The van der Waals surface area contributed by atoms with E-state index < -0.39 is 4.92 Å². The fourth-order valence-corrected chi connectivity index (χ4v) is 2.97. The van der Waals surface area contributed by atoms with Crippen molar-refractivity contribution in [3.63, 3.8) is 0 Å². The van der Waals surface area contributed by atoms with Gasteiger partial charge in [-0.2, -0.15) is 5.10 Å². The third kappa shape index (κ3) is 6.32. The Morgan fingerprint density at radius 1 is 1.28 bits per heavy atom. The lowest BCUT2D eigenvalue weighted by Gasteiger charge is -2.04. The van der Waals surface area contributed by atoms with Crippen molar-refractivity contribution < 1.29 is 9.72 Å². The number of nitrogens with zero attached hydrogens (tertiary/aromatic N) is 2. The number of hydrazone groups is 1. The summed E-state index contributed by atoms with van der Waals surface area (Å²) in [6.45, 7) is 1.69. The number of carbonyl (C=O) groups is 1. The van der Waals surface area contributed by atoms with Gasteiger partial charge in [0.15, 0.2) is 0 Å². The smallest absolute Gasteiger partial charge is 0.270 e. The van der Waals surface area contributed by atoms with Crippen LogP contribution < -0.4 is 5.43 Å². The van der Waals surface area contributed by atoms with E-state index >= 15 is 0 Å². The van der Waals surface area contributed by atoms with E-state index in [1.54, 1.807) is 19.1 Å². The molecule has 0 saturated carbocycles. The number of non-ortho nitro benzene ring substituents is 1. The number of halogens is 1. The van der Waals surface area contributed by atoms with Gasteiger partial charge in [0.1, 0.15) is 0 Å². The standard InChI is InChI=1S/C17H16BrN3O3S/c1-12(14-3-2-4-16(9-14)21(23)24)19-20-17(22)11-25-10-13-5-7-15(18)8-6-13/h2-9H,10-11H2,1H3,(H,20,22)/b19-12-. The molecule has 2 aromatic carbocycles. The summed E-state index contributed by atoms with van der Waals surface area (Å²) in [5.74, 6) is 0.794. The zero-order valence-corrected chi connectivity index (χ0v) is 15.8. The maximum absolute atomic E-state index is 11.8. The molecule has 0 aliphatic rings. The number of rotatable bonds is 7. The van der Waals surface area contributed by atoms with E-state index in [0.29, 0.717) is 11.3 Å². The van der Waals surface area contributed by atoms with E-state index in [2.05, 4.69) is 26.5 Å². The molecule has 0 aromatic heterocycles. The van der Waals surface area contributed by atoms with Crippen molar-refractivity contribution in [2.75, 3.05) is 5.75 Å². The average molecular weight is 422 g/mol. The van der Waals surface area contributed by atoms with E-state index in [-0.39, 0.29) is 17.3 Å². The van der Waals surface area contributed by atoms with Crippen LogP contribution in [0.2, 0.25) is 0 Å². The molecular weight excluding hydrogens is 406 g/mol. The predicted octanol–water partition coefficient (Wildman–Crippen LogP) is 4.13. The molecule has 25 heavy (non-hydrogen) atoms. The molecule has 0 heterocycles. The molecule has 0 aliphatic carbocycles. The molecule has 0 unspecified atom stereocenters. The van der Waals surface area contributed by atoms with Gasteiger partial charge < -0.3 is 0 Å². The Balaban J connectivity index is 1.83. The van der Waals surface area contributed by atoms with Gasteiger partial charge in [0.05, 0.1) is 16.4 Å².